The van der Waals surface area contributed by atoms with Crippen LogP contribution < -0.4 is 0 Å². The van der Waals surface area contributed by atoms with E-state index in [2.05, 4.69) is 62.6 Å². The molecule has 1 unspecified atom stereocenters. The first-order valence-corrected chi connectivity index (χ1v) is 9.19. The molecule has 4 rings (SSSR count). The smallest absolute Gasteiger partial charge is 0.139 e. The average Bonchev–Trinajstić information content (AvgIpc) is 3.24. The Bertz CT molecular complexity index is 907. The van der Waals surface area contributed by atoms with E-state index in [0.717, 1.165) is 37.3 Å². The van der Waals surface area contributed by atoms with Gasteiger partial charge in [0.15, 0.2) is 0 Å². The molecule has 2 heterocycles. The third kappa shape index (κ3) is 2.77. The first kappa shape index (κ1) is 16.3. The van der Waals surface area contributed by atoms with Crippen molar-refractivity contribution in [1.82, 2.24) is 9.55 Å². The van der Waals surface area contributed by atoms with Crippen molar-refractivity contribution in [1.29, 1.82) is 0 Å². The second-order valence-electron chi connectivity index (χ2n) is 7.29. The molecular weight excluding hydrogens is 308 g/mol. The minimum absolute atomic E-state index is 0.124. The van der Waals surface area contributed by atoms with Crippen LogP contribution in [-0.2, 0) is 11.3 Å². The number of aryl methyl sites for hydroxylation is 2. The normalized spacial score (nSPS) is 17.5. The number of hydrogen-bond donors (Lipinski definition) is 0. The molecule has 0 amide bonds. The van der Waals surface area contributed by atoms with Gasteiger partial charge < -0.3 is 9.30 Å². The zero-order valence-corrected chi connectivity index (χ0v) is 15.6. The maximum absolute atomic E-state index is 5.97. The molecule has 3 nitrogen and oxygen atoms in total. The van der Waals surface area contributed by atoms with Crippen LogP contribution in [-0.4, -0.2) is 16.2 Å². The second-order valence-corrected chi connectivity index (χ2v) is 7.29. The van der Waals surface area contributed by atoms with E-state index < -0.39 is 0 Å². The van der Waals surface area contributed by atoms with Gasteiger partial charge >= 0.3 is 0 Å². The highest BCUT2D eigenvalue weighted by Crippen LogP contribution is 2.32. The van der Waals surface area contributed by atoms with E-state index in [1.165, 1.54) is 33.3 Å². The summed E-state index contributed by atoms with van der Waals surface area (Å²) in [6.07, 6.45) is 2.31. The lowest BCUT2D eigenvalue weighted by molar-refractivity contribution is 0.103. The highest BCUT2D eigenvalue weighted by atomic mass is 16.5. The third-order valence-electron chi connectivity index (χ3n) is 5.74. The van der Waals surface area contributed by atoms with E-state index in [-0.39, 0.29) is 6.10 Å². The van der Waals surface area contributed by atoms with E-state index in [1.54, 1.807) is 0 Å². The number of aromatic nitrogens is 2. The summed E-state index contributed by atoms with van der Waals surface area (Å²) in [6.45, 7) is 10.6. The number of fused-ring (bicyclic) bond motifs is 1. The van der Waals surface area contributed by atoms with Crippen LogP contribution in [0.15, 0.2) is 30.3 Å². The molecule has 3 aromatic rings. The molecule has 2 aromatic carbocycles. The summed E-state index contributed by atoms with van der Waals surface area (Å²) < 4.78 is 8.35. The molecule has 0 N–H and O–H groups in total. The Kier molecular flexibility index (Phi) is 4.12. The van der Waals surface area contributed by atoms with Crippen LogP contribution in [0.5, 0.6) is 0 Å². The molecule has 1 aliphatic rings. The highest BCUT2D eigenvalue weighted by Gasteiger charge is 2.25. The Hall–Kier alpha value is -2.13. The fourth-order valence-electron chi connectivity index (χ4n) is 3.98. The summed E-state index contributed by atoms with van der Waals surface area (Å²) in [4.78, 5) is 4.93. The standard InChI is InChI=1S/C22H26N2O/c1-14-12-15(2)17(4)18(16(14)3)13-24-20-9-6-5-8-19(20)23-22(24)21-10-7-11-25-21/h5-6,8-9,12,21H,7,10-11,13H2,1-4H3. The van der Waals surface area contributed by atoms with Crippen molar-refractivity contribution in [2.75, 3.05) is 6.61 Å². The number of ether oxygens (including phenoxy) is 1. The van der Waals surface area contributed by atoms with Gasteiger partial charge in [0.05, 0.1) is 11.0 Å². The van der Waals surface area contributed by atoms with E-state index >= 15 is 0 Å². The van der Waals surface area contributed by atoms with Crippen molar-refractivity contribution in [3.05, 3.63) is 64.0 Å². The summed E-state index contributed by atoms with van der Waals surface area (Å²) in [5, 5.41) is 0. The second kappa shape index (κ2) is 6.30. The predicted octanol–water partition coefficient (Wildman–Crippen LogP) is 5.17. The molecule has 0 aliphatic carbocycles. The zero-order valence-electron chi connectivity index (χ0n) is 15.6. The Morgan fingerprint density at radius 3 is 2.48 bits per heavy atom. The van der Waals surface area contributed by atoms with Gasteiger partial charge in [0.2, 0.25) is 0 Å². The highest BCUT2D eigenvalue weighted by molar-refractivity contribution is 5.76. The maximum Gasteiger partial charge on any atom is 0.139 e. The van der Waals surface area contributed by atoms with Crippen molar-refractivity contribution in [2.24, 2.45) is 0 Å². The van der Waals surface area contributed by atoms with Crippen molar-refractivity contribution in [3.63, 3.8) is 0 Å². The molecule has 1 fully saturated rings. The molecule has 130 valence electrons. The lowest BCUT2D eigenvalue weighted by atomic mass is 9.94. The molecule has 1 atom stereocenters. The fourth-order valence-corrected chi connectivity index (χ4v) is 3.98. The molecule has 1 saturated heterocycles. The number of nitrogens with zero attached hydrogens (tertiary/aromatic N) is 2. The van der Waals surface area contributed by atoms with Crippen molar-refractivity contribution in [3.8, 4) is 0 Å². The van der Waals surface area contributed by atoms with Gasteiger partial charge in [-0.1, -0.05) is 18.2 Å². The lowest BCUT2D eigenvalue weighted by Gasteiger charge is -2.19. The number of hydrogen-bond acceptors (Lipinski definition) is 2. The van der Waals surface area contributed by atoms with Crippen LogP contribution in [0.2, 0.25) is 0 Å². The van der Waals surface area contributed by atoms with E-state index in [9.17, 15) is 0 Å². The third-order valence-corrected chi connectivity index (χ3v) is 5.74. The van der Waals surface area contributed by atoms with Gasteiger partial charge in [-0.3, -0.25) is 0 Å². The van der Waals surface area contributed by atoms with E-state index in [4.69, 9.17) is 9.72 Å². The van der Waals surface area contributed by atoms with Gasteiger partial charge in [0.25, 0.3) is 0 Å². The largest absolute Gasteiger partial charge is 0.370 e. The molecular formula is C22H26N2O. The molecule has 1 aromatic heterocycles. The first-order valence-electron chi connectivity index (χ1n) is 9.19. The summed E-state index contributed by atoms with van der Waals surface area (Å²) in [5.74, 6) is 1.08. The van der Waals surface area contributed by atoms with Crippen LogP contribution in [0.3, 0.4) is 0 Å². The van der Waals surface area contributed by atoms with Crippen LogP contribution in [0.1, 0.15) is 52.6 Å². The van der Waals surface area contributed by atoms with Crippen molar-refractivity contribution >= 4 is 11.0 Å². The van der Waals surface area contributed by atoms with Crippen molar-refractivity contribution < 1.29 is 4.74 Å². The van der Waals surface area contributed by atoms with Crippen LogP contribution in [0.25, 0.3) is 11.0 Å². The average molecular weight is 334 g/mol. The zero-order chi connectivity index (χ0) is 17.6. The van der Waals surface area contributed by atoms with Gasteiger partial charge in [0, 0.05) is 13.2 Å². The van der Waals surface area contributed by atoms with Gasteiger partial charge in [-0.05, 0) is 80.5 Å². The summed E-state index contributed by atoms with van der Waals surface area (Å²) in [5.41, 5.74) is 9.18. The monoisotopic (exact) mass is 334 g/mol. The van der Waals surface area contributed by atoms with Gasteiger partial charge in [-0.15, -0.1) is 0 Å². The van der Waals surface area contributed by atoms with Crippen molar-refractivity contribution in [2.45, 2.75) is 53.2 Å². The van der Waals surface area contributed by atoms with Crippen LogP contribution >= 0.6 is 0 Å². The van der Waals surface area contributed by atoms with Crippen LogP contribution in [0, 0.1) is 27.7 Å². The molecule has 1 aliphatic heterocycles. The number of imidazole rings is 1. The summed E-state index contributed by atoms with van der Waals surface area (Å²) in [6, 6.07) is 10.7. The van der Waals surface area contributed by atoms with Crippen LogP contribution in [0.4, 0.5) is 0 Å². The Morgan fingerprint density at radius 1 is 1.08 bits per heavy atom. The van der Waals surface area contributed by atoms with Gasteiger partial charge in [0.1, 0.15) is 11.9 Å². The maximum atomic E-state index is 5.97. The Labute approximate surface area is 149 Å². The van der Waals surface area contributed by atoms with Gasteiger partial charge in [-0.25, -0.2) is 4.98 Å². The van der Waals surface area contributed by atoms with E-state index in [0.29, 0.717) is 0 Å². The first-order chi connectivity index (χ1) is 12.1. The molecule has 3 heteroatoms. The molecule has 0 bridgehead atoms. The minimum Gasteiger partial charge on any atom is -0.370 e. The minimum atomic E-state index is 0.124. The predicted molar refractivity (Wildman–Crippen MR) is 102 cm³/mol. The number of para-hydroxylation sites is 2. The number of benzene rings is 2. The SMILES string of the molecule is Cc1cc(C)c(C)c(Cn2c(C3CCCO3)nc3ccccc32)c1C. The van der Waals surface area contributed by atoms with Gasteiger partial charge in [-0.2, -0.15) is 0 Å². The van der Waals surface area contributed by atoms with E-state index in [1.807, 2.05) is 0 Å². The lowest BCUT2D eigenvalue weighted by Crippen LogP contribution is -2.12. The quantitative estimate of drug-likeness (QED) is 0.661. The Morgan fingerprint density at radius 2 is 1.80 bits per heavy atom. The summed E-state index contributed by atoms with van der Waals surface area (Å²) >= 11 is 0. The molecule has 0 spiro atoms. The fraction of sp³-hybridized carbons (Fsp3) is 0.409. The Balaban J connectivity index is 1.88. The number of rotatable bonds is 3. The summed E-state index contributed by atoms with van der Waals surface area (Å²) in [7, 11) is 0. The molecule has 0 radical (unpaired) electrons. The molecule has 0 saturated carbocycles. The topological polar surface area (TPSA) is 27.1 Å². The molecule has 25 heavy (non-hydrogen) atoms.